The van der Waals surface area contributed by atoms with Gasteiger partial charge in [0.2, 0.25) is 0 Å². The maximum Gasteiger partial charge on any atom is 0.278 e. The molecule has 4 atom stereocenters. The van der Waals surface area contributed by atoms with Crippen LogP contribution >= 0.6 is 7.82 Å². The fraction of sp³-hybridized carbons (Fsp3) is 0.583. The number of aromatic nitrogens is 4. The van der Waals surface area contributed by atoms with Gasteiger partial charge in [0.25, 0.3) is 13.4 Å². The van der Waals surface area contributed by atoms with E-state index in [4.69, 9.17) is 14.0 Å². The highest BCUT2D eigenvalue weighted by atomic mass is 31.2. The molecule has 0 bridgehead atoms. The number of phosphoric ester groups is 1. The molecule has 1 N–H and O–H groups in total. The van der Waals surface area contributed by atoms with E-state index in [0.717, 1.165) is 7.11 Å². The van der Waals surface area contributed by atoms with Crippen LogP contribution in [0.15, 0.2) is 17.4 Å². The summed E-state index contributed by atoms with van der Waals surface area (Å²) in [6.07, 6.45) is 0.844. The van der Waals surface area contributed by atoms with Crippen LogP contribution in [-0.2, 0) is 23.1 Å². The third-order valence-electron chi connectivity index (χ3n) is 3.67. The van der Waals surface area contributed by atoms with Gasteiger partial charge in [0.1, 0.15) is 12.3 Å². The Morgan fingerprint density at radius 3 is 3.00 bits per heavy atom. The fourth-order valence-corrected chi connectivity index (χ4v) is 3.22. The van der Waals surface area contributed by atoms with Crippen molar-refractivity contribution in [1.82, 2.24) is 19.5 Å². The van der Waals surface area contributed by atoms with Crippen molar-refractivity contribution in [1.29, 1.82) is 0 Å². The molecule has 132 valence electrons. The lowest BCUT2D eigenvalue weighted by atomic mass is 10.2. The molecule has 1 saturated heterocycles. The van der Waals surface area contributed by atoms with E-state index in [9.17, 15) is 14.3 Å². The molecule has 1 fully saturated rings. The first-order chi connectivity index (χ1) is 11.4. The van der Waals surface area contributed by atoms with E-state index in [-0.39, 0.29) is 24.1 Å². The quantitative estimate of drug-likeness (QED) is 0.679. The number of hydrogen-bond acceptors (Lipinski definition) is 9. The summed E-state index contributed by atoms with van der Waals surface area (Å²) in [6, 6.07) is 0. The van der Waals surface area contributed by atoms with E-state index in [1.807, 2.05) is 0 Å². The number of nitrogens with zero attached hydrogens (tertiary/aromatic N) is 3. The second kappa shape index (κ2) is 6.71. The van der Waals surface area contributed by atoms with E-state index in [1.54, 1.807) is 4.57 Å². The van der Waals surface area contributed by atoms with Crippen LogP contribution in [0.4, 0.5) is 0 Å². The second-order valence-electron chi connectivity index (χ2n) is 5.15. The first-order valence-electron chi connectivity index (χ1n) is 7.05. The van der Waals surface area contributed by atoms with Crippen molar-refractivity contribution < 1.29 is 28.0 Å². The molecule has 0 amide bonds. The number of hydrogen-bond donors (Lipinski definition) is 1. The predicted molar refractivity (Wildman–Crippen MR) is 78.0 cm³/mol. The number of methoxy groups -OCH3 is 1. The Balaban J connectivity index is 1.88. The fourth-order valence-electron chi connectivity index (χ4n) is 2.58. The molecular formula is C12H16N4O7P-. The number of imidazole rings is 1. The molecule has 11 nitrogen and oxygen atoms in total. The highest BCUT2D eigenvalue weighted by Crippen LogP contribution is 2.44. The lowest BCUT2D eigenvalue weighted by Gasteiger charge is -2.26. The highest BCUT2D eigenvalue weighted by Gasteiger charge is 2.39. The van der Waals surface area contributed by atoms with Gasteiger partial charge in [-0.25, -0.2) is 9.97 Å². The van der Waals surface area contributed by atoms with Crippen LogP contribution in [0.2, 0.25) is 0 Å². The summed E-state index contributed by atoms with van der Waals surface area (Å²) in [5.41, 5.74) is 0.124. The van der Waals surface area contributed by atoms with Gasteiger partial charge in [-0.2, -0.15) is 0 Å². The second-order valence-corrected chi connectivity index (χ2v) is 6.62. The molecule has 2 aromatic rings. The third kappa shape index (κ3) is 3.27. The maximum absolute atomic E-state index is 11.7. The SMILES string of the molecule is COC[C@H]1O[C@@H](n2cnc3c(=O)[nH]cnc32)C[C@H]1OP(=O)([O-])OC. The summed E-state index contributed by atoms with van der Waals surface area (Å²) in [5.74, 6) is 0. The van der Waals surface area contributed by atoms with Crippen molar-refractivity contribution in [3.8, 4) is 0 Å². The van der Waals surface area contributed by atoms with Gasteiger partial charge in [-0.05, 0) is 0 Å². The van der Waals surface area contributed by atoms with Crippen molar-refractivity contribution in [3.05, 3.63) is 23.0 Å². The average Bonchev–Trinajstić information content (AvgIpc) is 3.13. The summed E-state index contributed by atoms with van der Waals surface area (Å²) >= 11 is 0. The normalized spacial score (nSPS) is 26.7. The molecule has 0 aromatic carbocycles. The van der Waals surface area contributed by atoms with Crippen LogP contribution < -0.4 is 10.5 Å². The molecule has 3 rings (SSSR count). The Hall–Kier alpha value is -1.62. The Morgan fingerprint density at radius 2 is 2.29 bits per heavy atom. The van der Waals surface area contributed by atoms with Crippen molar-refractivity contribution >= 4 is 19.0 Å². The molecule has 12 heteroatoms. The van der Waals surface area contributed by atoms with Crippen LogP contribution in [-0.4, -0.2) is 52.6 Å². The number of ether oxygens (including phenoxy) is 2. The maximum atomic E-state index is 11.7. The third-order valence-corrected chi connectivity index (χ3v) is 4.65. The Kier molecular flexibility index (Phi) is 4.81. The zero-order valence-electron chi connectivity index (χ0n) is 12.9. The molecule has 2 aromatic heterocycles. The molecule has 3 heterocycles. The topological polar surface area (TPSA) is 141 Å². The van der Waals surface area contributed by atoms with Crippen molar-refractivity contribution in [3.63, 3.8) is 0 Å². The number of H-pyrrole nitrogens is 1. The summed E-state index contributed by atoms with van der Waals surface area (Å²) in [4.78, 5) is 33.8. The number of aromatic amines is 1. The lowest BCUT2D eigenvalue weighted by molar-refractivity contribution is -0.229. The number of fused-ring (bicyclic) bond motifs is 1. The zero-order valence-corrected chi connectivity index (χ0v) is 13.8. The zero-order chi connectivity index (χ0) is 17.3. The molecule has 0 radical (unpaired) electrons. The van der Waals surface area contributed by atoms with Gasteiger partial charge in [0.05, 0.1) is 25.4 Å². The number of rotatable bonds is 6. The van der Waals surface area contributed by atoms with Gasteiger partial charge in [0.15, 0.2) is 11.2 Å². The van der Waals surface area contributed by atoms with Crippen molar-refractivity contribution in [2.75, 3.05) is 20.8 Å². The van der Waals surface area contributed by atoms with Crippen LogP contribution in [0.1, 0.15) is 12.6 Å². The van der Waals surface area contributed by atoms with Crippen LogP contribution in [0, 0.1) is 0 Å². The van der Waals surface area contributed by atoms with Crippen LogP contribution in [0.5, 0.6) is 0 Å². The van der Waals surface area contributed by atoms with Crippen LogP contribution in [0.3, 0.4) is 0 Å². The van der Waals surface area contributed by atoms with Gasteiger partial charge in [-0.1, -0.05) is 0 Å². The predicted octanol–water partition coefficient (Wildman–Crippen LogP) is -0.447. The van der Waals surface area contributed by atoms with Gasteiger partial charge in [-0.15, -0.1) is 0 Å². The molecule has 0 saturated carbocycles. The first kappa shape index (κ1) is 17.2. The van der Waals surface area contributed by atoms with Gasteiger partial charge < -0.3 is 28.4 Å². The summed E-state index contributed by atoms with van der Waals surface area (Å²) in [5, 5.41) is 0. The van der Waals surface area contributed by atoms with E-state index >= 15 is 0 Å². The molecule has 1 unspecified atom stereocenters. The highest BCUT2D eigenvalue weighted by molar-refractivity contribution is 7.45. The molecule has 1 aliphatic heterocycles. The number of nitrogens with one attached hydrogen (secondary N) is 1. The van der Waals surface area contributed by atoms with Gasteiger partial charge in [0, 0.05) is 20.6 Å². The summed E-state index contributed by atoms with van der Waals surface area (Å²) in [6.45, 7) is 0.130. The van der Waals surface area contributed by atoms with E-state index in [0.29, 0.717) is 5.65 Å². The minimum absolute atomic E-state index is 0.130. The Labute approximate surface area is 136 Å². The smallest absolute Gasteiger partial charge is 0.278 e. The minimum Gasteiger partial charge on any atom is -0.756 e. The Morgan fingerprint density at radius 1 is 1.50 bits per heavy atom. The molecular weight excluding hydrogens is 343 g/mol. The molecule has 0 spiro atoms. The van der Waals surface area contributed by atoms with E-state index in [1.165, 1.54) is 19.8 Å². The molecule has 24 heavy (non-hydrogen) atoms. The van der Waals surface area contributed by atoms with E-state index < -0.39 is 26.3 Å². The monoisotopic (exact) mass is 359 g/mol. The Bertz CT molecular complexity index is 821. The number of phosphoric acid groups is 1. The van der Waals surface area contributed by atoms with Crippen molar-refractivity contribution in [2.24, 2.45) is 0 Å². The lowest BCUT2D eigenvalue weighted by Crippen LogP contribution is -2.29. The minimum atomic E-state index is -4.42. The standard InChI is InChI=1S/C12H17N4O7P/c1-20-4-8-7(23-24(18,19)21-2)3-9(22-8)16-6-15-10-11(16)13-5-14-12(10)17/h5-9H,3-4H2,1-2H3,(H,18,19)(H,13,14,17)/p-1/t7-,8-,9-/m1/s1. The van der Waals surface area contributed by atoms with Gasteiger partial charge >= 0.3 is 0 Å². The van der Waals surface area contributed by atoms with E-state index in [2.05, 4.69) is 19.5 Å². The van der Waals surface area contributed by atoms with Crippen LogP contribution in [0.25, 0.3) is 11.2 Å². The van der Waals surface area contributed by atoms with Gasteiger partial charge in [-0.3, -0.25) is 13.9 Å². The summed E-state index contributed by atoms with van der Waals surface area (Å²) in [7, 11) is -1.94. The molecule has 1 aliphatic rings. The first-order valence-corrected chi connectivity index (χ1v) is 8.51. The average molecular weight is 359 g/mol. The summed E-state index contributed by atoms with van der Waals surface area (Å²) < 4.78 is 33.3. The molecule has 0 aliphatic carbocycles. The largest absolute Gasteiger partial charge is 0.756 e. The van der Waals surface area contributed by atoms with Crippen molar-refractivity contribution in [2.45, 2.75) is 24.9 Å².